The summed E-state index contributed by atoms with van der Waals surface area (Å²) in [5.74, 6) is 2.01. The summed E-state index contributed by atoms with van der Waals surface area (Å²) in [6.07, 6.45) is 2.28. The molecule has 0 fully saturated rings. The second-order valence-corrected chi connectivity index (χ2v) is 7.59. The van der Waals surface area contributed by atoms with E-state index in [1.54, 1.807) is 24.0 Å². The monoisotopic (exact) mass is 408 g/mol. The van der Waals surface area contributed by atoms with E-state index in [-0.39, 0.29) is 24.3 Å². The zero-order valence-electron chi connectivity index (χ0n) is 16.2. The van der Waals surface area contributed by atoms with E-state index in [2.05, 4.69) is 0 Å². The highest BCUT2D eigenvalue weighted by Gasteiger charge is 2.19. The Hall–Kier alpha value is -3.19. The minimum absolute atomic E-state index is 0.0248. The molecule has 0 saturated heterocycles. The molecule has 0 aliphatic rings. The molecule has 148 valence electrons. The fourth-order valence-electron chi connectivity index (χ4n) is 3.33. The fraction of sp³-hybridized carbons (Fsp3) is 0.227. The van der Waals surface area contributed by atoms with Crippen molar-refractivity contribution < 1.29 is 13.9 Å². The van der Waals surface area contributed by atoms with E-state index in [1.807, 2.05) is 35.7 Å². The maximum atomic E-state index is 13.4. The molecule has 0 atom stereocenters. The number of benzene rings is 1. The molecule has 6 nitrogen and oxygen atoms in total. The molecule has 0 amide bonds. The summed E-state index contributed by atoms with van der Waals surface area (Å²) in [7, 11) is 1.62. The first kappa shape index (κ1) is 19.1. The van der Waals surface area contributed by atoms with Gasteiger partial charge in [0.15, 0.2) is 0 Å². The number of hydrogen-bond donors (Lipinski definition) is 0. The van der Waals surface area contributed by atoms with Crippen molar-refractivity contribution in [2.75, 3.05) is 7.11 Å². The van der Waals surface area contributed by atoms with Crippen LogP contribution in [0, 0.1) is 0 Å². The lowest BCUT2D eigenvalue weighted by Crippen LogP contribution is -2.26. The smallest absolute Gasteiger partial charge is 0.263 e. The average molecular weight is 408 g/mol. The predicted octanol–water partition coefficient (Wildman–Crippen LogP) is 4.30. The maximum absolute atomic E-state index is 13.4. The molecule has 1 aromatic carbocycles. The van der Waals surface area contributed by atoms with Gasteiger partial charge in [0, 0.05) is 35.9 Å². The lowest BCUT2D eigenvalue weighted by Gasteiger charge is -2.14. The number of hydrogen-bond acceptors (Lipinski definition) is 6. The van der Waals surface area contributed by atoms with Gasteiger partial charge in [0.25, 0.3) is 5.56 Å². The van der Waals surface area contributed by atoms with Crippen LogP contribution in [-0.4, -0.2) is 22.4 Å². The van der Waals surface area contributed by atoms with Gasteiger partial charge in [-0.3, -0.25) is 14.2 Å². The molecule has 29 heavy (non-hydrogen) atoms. The van der Waals surface area contributed by atoms with Gasteiger partial charge >= 0.3 is 0 Å². The second kappa shape index (κ2) is 8.05. The minimum atomic E-state index is -0.159. The number of carbonyl (C=O) groups is 1. The number of fused-ring (bicyclic) bond motifs is 1. The Bertz CT molecular complexity index is 1220. The van der Waals surface area contributed by atoms with Crippen LogP contribution in [-0.2, 0) is 17.8 Å². The molecule has 0 aliphatic carbocycles. The number of nitrogens with zero attached hydrogens (tertiary/aromatic N) is 2. The van der Waals surface area contributed by atoms with Gasteiger partial charge in [0.05, 0.1) is 18.8 Å². The van der Waals surface area contributed by atoms with Gasteiger partial charge in [-0.15, -0.1) is 11.3 Å². The summed E-state index contributed by atoms with van der Waals surface area (Å²) in [6.45, 7) is 1.81. The van der Waals surface area contributed by atoms with E-state index in [1.165, 1.54) is 18.3 Å². The van der Waals surface area contributed by atoms with E-state index >= 15 is 0 Å². The van der Waals surface area contributed by atoms with Crippen LogP contribution in [0.25, 0.3) is 21.5 Å². The van der Waals surface area contributed by atoms with Gasteiger partial charge in [-0.05, 0) is 25.1 Å². The fourth-order valence-corrected chi connectivity index (χ4v) is 4.27. The Labute approximate surface area is 171 Å². The summed E-state index contributed by atoms with van der Waals surface area (Å²) >= 11 is 1.41. The van der Waals surface area contributed by atoms with Gasteiger partial charge in [-0.1, -0.05) is 18.2 Å². The van der Waals surface area contributed by atoms with Crippen molar-refractivity contribution in [3.8, 4) is 17.1 Å². The van der Waals surface area contributed by atoms with Crippen LogP contribution >= 0.6 is 11.3 Å². The average Bonchev–Trinajstić information content (AvgIpc) is 3.37. The summed E-state index contributed by atoms with van der Waals surface area (Å²) < 4.78 is 12.5. The van der Waals surface area contributed by atoms with Gasteiger partial charge in [-0.2, -0.15) is 0 Å². The van der Waals surface area contributed by atoms with Crippen molar-refractivity contribution in [3.05, 3.63) is 69.8 Å². The Kier molecular flexibility index (Phi) is 5.31. The number of rotatable bonds is 7. The molecule has 0 N–H and O–H groups in total. The van der Waals surface area contributed by atoms with Crippen molar-refractivity contribution in [3.63, 3.8) is 0 Å². The molecule has 4 aromatic rings. The number of furan rings is 1. The van der Waals surface area contributed by atoms with Crippen LogP contribution in [0.15, 0.2) is 57.3 Å². The summed E-state index contributed by atoms with van der Waals surface area (Å²) in [4.78, 5) is 30.5. The molecule has 0 saturated carbocycles. The molecule has 0 spiro atoms. The van der Waals surface area contributed by atoms with Crippen molar-refractivity contribution in [2.45, 2.75) is 26.3 Å². The topological polar surface area (TPSA) is 74.3 Å². The highest BCUT2D eigenvalue weighted by atomic mass is 32.1. The van der Waals surface area contributed by atoms with E-state index in [0.29, 0.717) is 28.2 Å². The van der Waals surface area contributed by atoms with Crippen molar-refractivity contribution >= 4 is 27.3 Å². The normalized spacial score (nSPS) is 11.1. The largest absolute Gasteiger partial charge is 0.496 e. The molecular formula is C22H20N2O4S. The van der Waals surface area contributed by atoms with E-state index in [9.17, 15) is 9.59 Å². The Morgan fingerprint density at radius 2 is 2.07 bits per heavy atom. The number of aromatic nitrogens is 2. The molecular weight excluding hydrogens is 388 g/mol. The van der Waals surface area contributed by atoms with Crippen molar-refractivity contribution in [2.24, 2.45) is 0 Å². The number of ketones is 1. The first-order valence-corrected chi connectivity index (χ1v) is 10.1. The van der Waals surface area contributed by atoms with Crippen LogP contribution in [0.4, 0.5) is 0 Å². The number of para-hydroxylation sites is 1. The predicted molar refractivity (Wildman–Crippen MR) is 113 cm³/mol. The SMILES string of the molecule is COc1ccccc1Cc1nc2scc(-c3ccco3)c2c(=O)n1CCC(C)=O. The zero-order chi connectivity index (χ0) is 20.4. The summed E-state index contributed by atoms with van der Waals surface area (Å²) in [5.41, 5.74) is 1.50. The van der Waals surface area contributed by atoms with Gasteiger partial charge in [-0.25, -0.2) is 4.98 Å². The molecule has 3 aromatic heterocycles. The van der Waals surface area contributed by atoms with Crippen molar-refractivity contribution in [1.29, 1.82) is 0 Å². The second-order valence-electron chi connectivity index (χ2n) is 6.73. The number of methoxy groups -OCH3 is 1. The molecule has 0 unspecified atom stereocenters. The number of carbonyl (C=O) groups excluding carboxylic acids is 1. The third-order valence-electron chi connectivity index (χ3n) is 4.79. The molecule has 0 radical (unpaired) electrons. The number of Topliss-reactive ketones (excluding diaryl/α,β-unsaturated/α-hetero) is 1. The Morgan fingerprint density at radius 3 is 2.79 bits per heavy atom. The molecule has 0 aliphatic heterocycles. The van der Waals surface area contributed by atoms with Crippen LogP contribution in [0.3, 0.4) is 0 Å². The van der Waals surface area contributed by atoms with E-state index < -0.39 is 0 Å². The van der Waals surface area contributed by atoms with Crippen LogP contribution in [0.1, 0.15) is 24.7 Å². The minimum Gasteiger partial charge on any atom is -0.496 e. The molecule has 7 heteroatoms. The third kappa shape index (κ3) is 3.73. The summed E-state index contributed by atoms with van der Waals surface area (Å²) in [6, 6.07) is 11.3. The first-order valence-electron chi connectivity index (χ1n) is 9.24. The van der Waals surface area contributed by atoms with Crippen LogP contribution < -0.4 is 10.3 Å². The van der Waals surface area contributed by atoms with Gasteiger partial charge in [0.2, 0.25) is 0 Å². The van der Waals surface area contributed by atoms with Gasteiger partial charge in [0.1, 0.15) is 27.9 Å². The van der Waals surface area contributed by atoms with Crippen LogP contribution in [0.5, 0.6) is 5.75 Å². The standard InChI is InChI=1S/C22H20N2O4S/c1-14(25)9-10-24-19(12-15-6-3-4-7-17(15)27-2)23-21-20(22(24)26)16(13-29-21)18-8-5-11-28-18/h3-8,11,13H,9-10,12H2,1-2H3. The maximum Gasteiger partial charge on any atom is 0.263 e. The zero-order valence-corrected chi connectivity index (χ0v) is 17.0. The third-order valence-corrected chi connectivity index (χ3v) is 5.66. The van der Waals surface area contributed by atoms with E-state index in [4.69, 9.17) is 14.1 Å². The van der Waals surface area contributed by atoms with Gasteiger partial charge < -0.3 is 9.15 Å². The Balaban J connectivity index is 1.88. The number of ether oxygens (including phenoxy) is 1. The van der Waals surface area contributed by atoms with Crippen molar-refractivity contribution in [1.82, 2.24) is 9.55 Å². The highest BCUT2D eigenvalue weighted by Crippen LogP contribution is 2.32. The Morgan fingerprint density at radius 1 is 1.24 bits per heavy atom. The number of thiophene rings is 1. The summed E-state index contributed by atoms with van der Waals surface area (Å²) in [5, 5.41) is 2.41. The molecule has 4 rings (SSSR count). The lowest BCUT2D eigenvalue weighted by molar-refractivity contribution is -0.117. The van der Waals surface area contributed by atoms with E-state index in [0.717, 1.165) is 16.9 Å². The first-order chi connectivity index (χ1) is 14.1. The molecule has 3 heterocycles. The quantitative estimate of drug-likeness (QED) is 0.456. The molecule has 0 bridgehead atoms. The highest BCUT2D eigenvalue weighted by molar-refractivity contribution is 7.17. The lowest BCUT2D eigenvalue weighted by atomic mass is 10.1. The van der Waals surface area contributed by atoms with Crippen LogP contribution in [0.2, 0.25) is 0 Å².